The molecule has 3 N–H and O–H groups in total. The number of carbonyl (C=O) groups is 3. The summed E-state index contributed by atoms with van der Waals surface area (Å²) in [6, 6.07) is -0.479. The van der Waals surface area contributed by atoms with Gasteiger partial charge in [0.25, 0.3) is 0 Å². The number of primary amides is 1. The van der Waals surface area contributed by atoms with E-state index in [0.29, 0.717) is 13.1 Å². The van der Waals surface area contributed by atoms with E-state index in [0.717, 1.165) is 4.90 Å². The van der Waals surface area contributed by atoms with Crippen LogP contribution in [0.25, 0.3) is 0 Å². The summed E-state index contributed by atoms with van der Waals surface area (Å²) in [4.78, 5) is 36.0. The standard InChI is InChI=1S/C11H21N3O4/c1-4-13(5-8(2)3)11(18)14(6-9(12)15)7-10(16)17/h8H,4-7H2,1-3H3,(H2,12,15)(H,16,17). The van der Waals surface area contributed by atoms with Crippen LogP contribution in [-0.4, -0.2) is 59.0 Å². The second-order valence-electron chi connectivity index (χ2n) is 4.43. The highest BCUT2D eigenvalue weighted by molar-refractivity contribution is 5.85. The highest BCUT2D eigenvalue weighted by atomic mass is 16.4. The number of aliphatic carboxylic acids is 1. The minimum absolute atomic E-state index is 0.258. The molecule has 0 bridgehead atoms. The normalized spacial score (nSPS) is 10.2. The van der Waals surface area contributed by atoms with Crippen LogP contribution in [0.3, 0.4) is 0 Å². The van der Waals surface area contributed by atoms with Gasteiger partial charge in [0.05, 0.1) is 0 Å². The fraction of sp³-hybridized carbons (Fsp3) is 0.727. The van der Waals surface area contributed by atoms with Gasteiger partial charge in [-0.1, -0.05) is 13.8 Å². The summed E-state index contributed by atoms with van der Waals surface area (Å²) < 4.78 is 0. The van der Waals surface area contributed by atoms with Gasteiger partial charge in [0.1, 0.15) is 13.1 Å². The van der Waals surface area contributed by atoms with Gasteiger partial charge in [0, 0.05) is 13.1 Å². The Balaban J connectivity index is 4.78. The molecule has 0 heterocycles. The van der Waals surface area contributed by atoms with Gasteiger partial charge in [-0.2, -0.15) is 0 Å². The van der Waals surface area contributed by atoms with Crippen molar-refractivity contribution in [1.82, 2.24) is 9.80 Å². The Kier molecular flexibility index (Phi) is 6.77. The molecule has 104 valence electrons. The molecule has 0 saturated carbocycles. The van der Waals surface area contributed by atoms with Gasteiger partial charge in [-0.3, -0.25) is 9.59 Å². The number of amides is 3. The van der Waals surface area contributed by atoms with Crippen LogP contribution in [0, 0.1) is 5.92 Å². The second-order valence-corrected chi connectivity index (χ2v) is 4.43. The van der Waals surface area contributed by atoms with Gasteiger partial charge in [-0.15, -0.1) is 0 Å². The van der Waals surface area contributed by atoms with Crippen molar-refractivity contribution < 1.29 is 19.5 Å². The quantitative estimate of drug-likeness (QED) is 0.669. The fourth-order valence-corrected chi connectivity index (χ4v) is 1.53. The lowest BCUT2D eigenvalue weighted by molar-refractivity contribution is -0.138. The van der Waals surface area contributed by atoms with Crippen LogP contribution >= 0.6 is 0 Å². The van der Waals surface area contributed by atoms with Crippen LogP contribution in [-0.2, 0) is 9.59 Å². The number of nitrogens with zero attached hydrogens (tertiary/aromatic N) is 2. The topological polar surface area (TPSA) is 104 Å². The van der Waals surface area contributed by atoms with Crippen LogP contribution in [0.15, 0.2) is 0 Å². The third kappa shape index (κ3) is 6.07. The lowest BCUT2D eigenvalue weighted by Crippen LogP contribution is -2.49. The molecule has 0 saturated heterocycles. The summed E-state index contributed by atoms with van der Waals surface area (Å²) in [6.45, 7) is 5.73. The van der Waals surface area contributed by atoms with E-state index in [-0.39, 0.29) is 12.5 Å². The van der Waals surface area contributed by atoms with Crippen molar-refractivity contribution in [2.45, 2.75) is 20.8 Å². The third-order valence-corrected chi connectivity index (χ3v) is 2.18. The third-order valence-electron chi connectivity index (χ3n) is 2.18. The Bertz CT molecular complexity index is 301. The predicted molar refractivity (Wildman–Crippen MR) is 65.9 cm³/mol. The summed E-state index contributed by atoms with van der Waals surface area (Å²) in [5.41, 5.74) is 5.01. The first kappa shape index (κ1) is 16.2. The maximum Gasteiger partial charge on any atom is 0.323 e. The molecule has 18 heavy (non-hydrogen) atoms. The minimum atomic E-state index is -1.18. The van der Waals surface area contributed by atoms with E-state index in [1.807, 2.05) is 13.8 Å². The number of nitrogens with two attached hydrogens (primary N) is 1. The molecule has 0 aromatic rings. The Morgan fingerprint density at radius 1 is 1.17 bits per heavy atom. The molecule has 0 aliphatic carbocycles. The van der Waals surface area contributed by atoms with Crippen molar-refractivity contribution in [2.24, 2.45) is 11.7 Å². The Hall–Kier alpha value is -1.79. The molecule has 0 aromatic carbocycles. The predicted octanol–water partition coefficient (Wildman–Crippen LogP) is -0.0438. The fourth-order valence-electron chi connectivity index (χ4n) is 1.53. The van der Waals surface area contributed by atoms with Crippen molar-refractivity contribution >= 4 is 17.9 Å². The number of carbonyl (C=O) groups excluding carboxylic acids is 2. The molecule has 0 rings (SSSR count). The lowest BCUT2D eigenvalue weighted by atomic mass is 10.2. The van der Waals surface area contributed by atoms with E-state index >= 15 is 0 Å². The molecule has 0 spiro atoms. The van der Waals surface area contributed by atoms with Gasteiger partial charge in [-0.05, 0) is 12.8 Å². The van der Waals surface area contributed by atoms with Crippen LogP contribution in [0.5, 0.6) is 0 Å². The molecule has 0 aliphatic rings. The first-order valence-electron chi connectivity index (χ1n) is 5.81. The summed E-state index contributed by atoms with van der Waals surface area (Å²) in [5, 5.41) is 8.72. The van der Waals surface area contributed by atoms with Crippen molar-refractivity contribution in [3.8, 4) is 0 Å². The van der Waals surface area contributed by atoms with Gasteiger partial charge in [0.2, 0.25) is 5.91 Å². The van der Waals surface area contributed by atoms with E-state index in [2.05, 4.69) is 0 Å². The van der Waals surface area contributed by atoms with Gasteiger partial charge in [-0.25, -0.2) is 4.79 Å². The van der Waals surface area contributed by atoms with Crippen LogP contribution < -0.4 is 5.73 Å². The molecule has 0 unspecified atom stereocenters. The lowest BCUT2D eigenvalue weighted by Gasteiger charge is -2.29. The zero-order valence-corrected chi connectivity index (χ0v) is 11.0. The first-order chi connectivity index (χ1) is 8.27. The summed E-state index contributed by atoms with van der Waals surface area (Å²) in [5.74, 6) is -1.65. The molecule has 3 amide bonds. The van der Waals surface area contributed by atoms with E-state index in [9.17, 15) is 14.4 Å². The molecule has 7 heteroatoms. The SMILES string of the molecule is CCN(CC(C)C)C(=O)N(CC(N)=O)CC(=O)O. The zero-order valence-electron chi connectivity index (χ0n) is 11.0. The van der Waals surface area contributed by atoms with Crippen molar-refractivity contribution in [1.29, 1.82) is 0 Å². The summed E-state index contributed by atoms with van der Waals surface area (Å²) in [6.07, 6.45) is 0. The molecule has 0 atom stereocenters. The first-order valence-corrected chi connectivity index (χ1v) is 5.81. The summed E-state index contributed by atoms with van der Waals surface area (Å²) >= 11 is 0. The van der Waals surface area contributed by atoms with E-state index in [1.165, 1.54) is 4.90 Å². The highest BCUT2D eigenvalue weighted by Crippen LogP contribution is 2.04. The Morgan fingerprint density at radius 2 is 1.72 bits per heavy atom. The molecule has 0 radical (unpaired) electrons. The largest absolute Gasteiger partial charge is 0.480 e. The average Bonchev–Trinajstić information content (AvgIpc) is 2.22. The van der Waals surface area contributed by atoms with Gasteiger partial charge < -0.3 is 20.6 Å². The molecule has 0 aliphatic heterocycles. The van der Waals surface area contributed by atoms with E-state index in [4.69, 9.17) is 10.8 Å². The van der Waals surface area contributed by atoms with Crippen molar-refractivity contribution in [3.63, 3.8) is 0 Å². The van der Waals surface area contributed by atoms with E-state index in [1.54, 1.807) is 6.92 Å². The van der Waals surface area contributed by atoms with Crippen LogP contribution in [0.4, 0.5) is 4.79 Å². The Morgan fingerprint density at radius 3 is 2.06 bits per heavy atom. The smallest absolute Gasteiger partial charge is 0.323 e. The molecule has 0 aromatic heterocycles. The maximum atomic E-state index is 12.1. The maximum absolute atomic E-state index is 12.1. The molecule has 0 fully saturated rings. The van der Waals surface area contributed by atoms with Gasteiger partial charge in [0.15, 0.2) is 0 Å². The number of rotatable bonds is 7. The number of hydrogen-bond acceptors (Lipinski definition) is 3. The zero-order chi connectivity index (χ0) is 14.3. The summed E-state index contributed by atoms with van der Waals surface area (Å²) in [7, 11) is 0. The minimum Gasteiger partial charge on any atom is -0.480 e. The average molecular weight is 259 g/mol. The molecule has 7 nitrogen and oxygen atoms in total. The van der Waals surface area contributed by atoms with Gasteiger partial charge >= 0.3 is 12.0 Å². The molecular weight excluding hydrogens is 238 g/mol. The second kappa shape index (κ2) is 7.52. The van der Waals surface area contributed by atoms with Crippen molar-refractivity contribution in [3.05, 3.63) is 0 Å². The number of urea groups is 1. The van der Waals surface area contributed by atoms with E-state index < -0.39 is 24.5 Å². The monoisotopic (exact) mass is 259 g/mol. The number of carboxylic acid groups (broad SMARTS) is 1. The van der Waals surface area contributed by atoms with Crippen LogP contribution in [0.2, 0.25) is 0 Å². The number of carboxylic acids is 1. The highest BCUT2D eigenvalue weighted by Gasteiger charge is 2.23. The number of hydrogen-bond donors (Lipinski definition) is 2. The Labute approximate surface area is 107 Å². The van der Waals surface area contributed by atoms with Crippen LogP contribution in [0.1, 0.15) is 20.8 Å². The van der Waals surface area contributed by atoms with Crippen molar-refractivity contribution in [2.75, 3.05) is 26.2 Å². The molecular formula is C11H21N3O4.